The van der Waals surface area contributed by atoms with Gasteiger partial charge in [0.1, 0.15) is 33.6 Å². The molecule has 6 aromatic carbocycles. The fourth-order valence-corrected chi connectivity index (χ4v) is 7.86. The first-order valence-electron chi connectivity index (χ1n) is 17.9. The predicted molar refractivity (Wildman–Crippen MR) is 210 cm³/mol. The number of ketones is 1. The van der Waals surface area contributed by atoms with Gasteiger partial charge in [-0.2, -0.15) is 25.6 Å². The van der Waals surface area contributed by atoms with Gasteiger partial charge in [-0.25, -0.2) is 26.3 Å². The number of hydrogen-bond acceptors (Lipinski definition) is 9. The maximum Gasteiger partial charge on any atom is 0.300 e. The molecular weight excluding hydrogens is 893 g/mol. The smallest absolute Gasteiger partial charge is 0.300 e. The van der Waals surface area contributed by atoms with E-state index in [0.29, 0.717) is 23.6 Å². The van der Waals surface area contributed by atoms with Crippen molar-refractivity contribution in [1.29, 1.82) is 0 Å². The van der Waals surface area contributed by atoms with E-state index in [1.54, 1.807) is 19.1 Å². The van der Waals surface area contributed by atoms with Crippen LogP contribution in [0.1, 0.15) is 38.2 Å². The Balaban J connectivity index is 1.27. The van der Waals surface area contributed by atoms with E-state index in [1.165, 1.54) is 62.6 Å². The lowest BCUT2D eigenvalue weighted by Gasteiger charge is -2.17. The molecule has 0 spiro atoms. The van der Waals surface area contributed by atoms with Crippen molar-refractivity contribution in [3.8, 4) is 51.0 Å². The third-order valence-corrected chi connectivity index (χ3v) is 11.6. The van der Waals surface area contributed by atoms with Crippen LogP contribution in [0.2, 0.25) is 0 Å². The minimum absolute atomic E-state index is 0.0800. The van der Waals surface area contributed by atoms with Gasteiger partial charge in [-0.05, 0) is 104 Å². The van der Waals surface area contributed by atoms with Gasteiger partial charge in [0.25, 0.3) is 20.2 Å². The maximum absolute atomic E-state index is 15.2. The Hall–Kier alpha value is -6.35. The van der Waals surface area contributed by atoms with Crippen LogP contribution in [0.25, 0.3) is 22.3 Å². The van der Waals surface area contributed by atoms with Crippen LogP contribution in [0.4, 0.5) is 35.1 Å². The Morgan fingerprint density at radius 2 is 1.00 bits per heavy atom. The normalized spacial score (nSPS) is 11.8. The van der Waals surface area contributed by atoms with Gasteiger partial charge < -0.3 is 14.2 Å². The number of rotatable bonds is 13. The van der Waals surface area contributed by atoms with Gasteiger partial charge in [0.05, 0.1) is 25.3 Å². The van der Waals surface area contributed by atoms with Gasteiger partial charge in [-0.15, -0.1) is 0 Å². The molecule has 0 atom stereocenters. The number of methoxy groups -OCH3 is 1. The number of aryl methyl sites for hydroxylation is 2. The highest BCUT2D eigenvalue weighted by atomic mass is 32.2. The second kappa shape index (κ2) is 17.4. The first-order valence-corrected chi connectivity index (χ1v) is 20.9. The summed E-state index contributed by atoms with van der Waals surface area (Å²) in [6, 6.07) is 16.0. The molecule has 10 nitrogen and oxygen atoms in total. The first-order chi connectivity index (χ1) is 29.5. The second-order valence-corrected chi connectivity index (χ2v) is 16.9. The van der Waals surface area contributed by atoms with Gasteiger partial charge in [-0.3, -0.25) is 13.5 Å². The van der Waals surface area contributed by atoms with Gasteiger partial charge in [-0.1, -0.05) is 12.1 Å². The summed E-state index contributed by atoms with van der Waals surface area (Å²) in [5.74, 6) is -21.6. The van der Waals surface area contributed by atoms with Crippen molar-refractivity contribution in [2.45, 2.75) is 31.4 Å². The molecule has 0 unspecified atom stereocenters. The van der Waals surface area contributed by atoms with Gasteiger partial charge >= 0.3 is 0 Å². The van der Waals surface area contributed by atoms with Crippen LogP contribution >= 0.6 is 0 Å². The second-order valence-electron chi connectivity index (χ2n) is 13.7. The summed E-state index contributed by atoms with van der Waals surface area (Å²) in [5.41, 5.74) is -3.97. The average Bonchev–Trinajstić information content (AvgIpc) is 3.24. The molecule has 0 amide bonds. The summed E-state index contributed by atoms with van der Waals surface area (Å²) < 4.78 is 198. The largest absolute Gasteiger partial charge is 0.495 e. The predicted octanol–water partition coefficient (Wildman–Crippen LogP) is 10.6. The Morgan fingerprint density at radius 3 is 1.46 bits per heavy atom. The molecule has 0 radical (unpaired) electrons. The van der Waals surface area contributed by atoms with E-state index in [0.717, 1.165) is 19.2 Å². The van der Waals surface area contributed by atoms with E-state index >= 15 is 17.6 Å². The molecule has 20 heteroatoms. The number of carbonyl (C=O) groups excluding carboxylic acids is 1. The quantitative estimate of drug-likeness (QED) is 0.0391. The number of carbonyl (C=O) groups is 1. The molecule has 0 heterocycles. The van der Waals surface area contributed by atoms with E-state index in [4.69, 9.17) is 14.2 Å². The highest BCUT2D eigenvalue weighted by Gasteiger charge is 2.34. The summed E-state index contributed by atoms with van der Waals surface area (Å²) in [5, 5.41) is 0. The van der Waals surface area contributed by atoms with E-state index in [-0.39, 0.29) is 45.3 Å². The van der Waals surface area contributed by atoms with Crippen LogP contribution in [0.15, 0.2) is 77.7 Å². The van der Waals surface area contributed by atoms with Crippen LogP contribution in [0.3, 0.4) is 0 Å². The monoisotopic (exact) mass is 922 g/mol. The third-order valence-electron chi connectivity index (χ3n) is 9.65. The molecule has 0 aromatic heterocycles. The minimum Gasteiger partial charge on any atom is -0.495 e. The standard InChI is InChI=1S/C43H30F8O10S2/c1-19-14-22(23-7-11-28(20(2)15-23)61-43-40(50)38(48)33(39(49)41(43)51)32-36(46)34(44)21(3)35(45)37(32)47)6-10-27(19)60-29-12-8-24(16-26(29)18-62(53,54)55)42(52)25-9-13-30(58-4)31(17-25)63(56,57)59-5/h6-17H,18H2,1-5H3,(H,53,54,55). The van der Waals surface area contributed by atoms with E-state index in [1.807, 2.05) is 0 Å². The van der Waals surface area contributed by atoms with Crippen molar-refractivity contribution in [3.05, 3.63) is 153 Å². The zero-order chi connectivity index (χ0) is 46.5. The van der Waals surface area contributed by atoms with E-state index < -0.39 is 106 Å². The van der Waals surface area contributed by atoms with E-state index in [9.17, 15) is 43.7 Å². The molecule has 330 valence electrons. The highest BCUT2D eigenvalue weighted by Crippen LogP contribution is 2.42. The molecule has 6 aromatic rings. The van der Waals surface area contributed by atoms with Crippen molar-refractivity contribution < 1.29 is 79.7 Å². The van der Waals surface area contributed by atoms with Gasteiger partial charge in [0.15, 0.2) is 40.7 Å². The van der Waals surface area contributed by atoms with Crippen molar-refractivity contribution in [2.24, 2.45) is 0 Å². The number of benzene rings is 6. The van der Waals surface area contributed by atoms with Crippen molar-refractivity contribution in [3.63, 3.8) is 0 Å². The molecule has 0 bridgehead atoms. The van der Waals surface area contributed by atoms with Crippen molar-refractivity contribution >= 4 is 26.0 Å². The van der Waals surface area contributed by atoms with Crippen molar-refractivity contribution in [1.82, 2.24) is 0 Å². The molecule has 0 aliphatic carbocycles. The van der Waals surface area contributed by atoms with Crippen LogP contribution in [-0.2, 0) is 30.2 Å². The average molecular weight is 923 g/mol. The third kappa shape index (κ3) is 8.97. The molecule has 1 N–H and O–H groups in total. The Labute approximate surface area is 354 Å². The van der Waals surface area contributed by atoms with Gasteiger partial charge in [0, 0.05) is 22.3 Å². The Morgan fingerprint density at radius 1 is 0.556 bits per heavy atom. The Bertz CT molecular complexity index is 3050. The first kappa shape index (κ1) is 46.2. The zero-order valence-corrected chi connectivity index (χ0v) is 34.7. The molecule has 0 saturated heterocycles. The fourth-order valence-electron chi connectivity index (χ4n) is 6.40. The summed E-state index contributed by atoms with van der Waals surface area (Å²) >= 11 is 0. The molecule has 0 aliphatic rings. The molecule has 0 saturated carbocycles. The zero-order valence-electron chi connectivity index (χ0n) is 33.1. The highest BCUT2D eigenvalue weighted by molar-refractivity contribution is 7.86. The van der Waals surface area contributed by atoms with Crippen LogP contribution < -0.4 is 14.2 Å². The van der Waals surface area contributed by atoms with Crippen LogP contribution in [0.5, 0.6) is 28.7 Å². The molecule has 0 fully saturated rings. The van der Waals surface area contributed by atoms with Crippen LogP contribution in [0, 0.1) is 67.3 Å². The fraction of sp³-hybridized carbons (Fsp3) is 0.140. The molecule has 63 heavy (non-hydrogen) atoms. The SMILES string of the molecule is COc1ccc(C(=O)c2ccc(Oc3ccc(-c4ccc(Oc5c(F)c(F)c(-c6c(F)c(F)c(C)c(F)c6F)c(F)c5F)c(C)c4)cc3C)c(CS(=O)(=O)O)c2)cc1S(=O)(=O)OC. The maximum atomic E-state index is 15.2. The minimum atomic E-state index is -4.69. The molecule has 6 rings (SSSR count). The summed E-state index contributed by atoms with van der Waals surface area (Å²) in [4.78, 5) is 13.0. The summed E-state index contributed by atoms with van der Waals surface area (Å²) in [7, 11) is -6.87. The number of hydrogen-bond donors (Lipinski definition) is 1. The summed E-state index contributed by atoms with van der Waals surface area (Å²) in [6.45, 7) is 3.66. The molecular formula is C43H30F8O10S2. The molecule has 0 aliphatic heterocycles. The van der Waals surface area contributed by atoms with E-state index in [2.05, 4.69) is 4.18 Å². The number of halogens is 8. The topological polar surface area (TPSA) is 142 Å². The lowest BCUT2D eigenvalue weighted by Crippen LogP contribution is -2.10. The van der Waals surface area contributed by atoms with Crippen molar-refractivity contribution in [2.75, 3.05) is 14.2 Å². The lowest BCUT2D eigenvalue weighted by atomic mass is 9.99. The van der Waals surface area contributed by atoms with Crippen LogP contribution in [-0.4, -0.2) is 41.4 Å². The van der Waals surface area contributed by atoms with Gasteiger partial charge in [0.2, 0.25) is 17.4 Å². The Kier molecular flexibility index (Phi) is 12.8. The number of ether oxygens (including phenoxy) is 3. The summed E-state index contributed by atoms with van der Waals surface area (Å²) in [6.07, 6.45) is 0. The lowest BCUT2D eigenvalue weighted by molar-refractivity contribution is 0.103.